The number of nitrogens with zero attached hydrogens (tertiary/aromatic N) is 3. The van der Waals surface area contributed by atoms with Crippen LogP contribution in [0, 0.1) is 6.92 Å². The van der Waals surface area contributed by atoms with Gasteiger partial charge in [-0.3, -0.25) is 9.36 Å². The summed E-state index contributed by atoms with van der Waals surface area (Å²) in [7, 11) is 3.20. The fourth-order valence-corrected chi connectivity index (χ4v) is 4.13. The molecule has 2 heterocycles. The highest BCUT2D eigenvalue weighted by Crippen LogP contribution is 2.25. The summed E-state index contributed by atoms with van der Waals surface area (Å²) in [6, 6.07) is 12.0. The predicted molar refractivity (Wildman–Crippen MR) is 116 cm³/mol. The van der Waals surface area contributed by atoms with Gasteiger partial charge >= 0.3 is 11.7 Å². The van der Waals surface area contributed by atoms with E-state index in [1.807, 2.05) is 42.9 Å². The van der Waals surface area contributed by atoms with E-state index < -0.39 is 23.3 Å². The van der Waals surface area contributed by atoms with Gasteiger partial charge in [0, 0.05) is 24.1 Å². The summed E-state index contributed by atoms with van der Waals surface area (Å²) >= 11 is 0. The Morgan fingerprint density at radius 3 is 2.50 bits per heavy atom. The summed E-state index contributed by atoms with van der Waals surface area (Å²) < 4.78 is 9.33. The zero-order valence-corrected chi connectivity index (χ0v) is 17.4. The van der Waals surface area contributed by atoms with Crippen LogP contribution >= 0.6 is 0 Å². The highest BCUT2D eigenvalue weighted by molar-refractivity contribution is 5.87. The molecule has 0 unspecified atom stereocenters. The molecule has 4 rings (SSSR count). The molecule has 0 spiro atoms. The maximum atomic E-state index is 13.4. The van der Waals surface area contributed by atoms with Gasteiger partial charge in [-0.15, -0.1) is 0 Å². The Balaban J connectivity index is 2.02. The van der Waals surface area contributed by atoms with Crippen molar-refractivity contribution in [2.75, 3.05) is 7.11 Å². The van der Waals surface area contributed by atoms with E-state index in [1.165, 1.54) is 14.0 Å². The van der Waals surface area contributed by atoms with E-state index in [1.54, 1.807) is 28.8 Å². The third kappa shape index (κ3) is 2.94. The average molecular weight is 405 g/mol. The van der Waals surface area contributed by atoms with E-state index in [4.69, 9.17) is 4.74 Å². The second-order valence-electron chi connectivity index (χ2n) is 7.49. The van der Waals surface area contributed by atoms with Crippen LogP contribution in [0.15, 0.2) is 58.3 Å². The zero-order valence-electron chi connectivity index (χ0n) is 17.4. The van der Waals surface area contributed by atoms with E-state index in [0.29, 0.717) is 10.9 Å². The Bertz CT molecular complexity index is 1410. The minimum atomic E-state index is -1.03. The van der Waals surface area contributed by atoms with E-state index in [-0.39, 0.29) is 6.54 Å². The van der Waals surface area contributed by atoms with Crippen molar-refractivity contribution >= 4 is 27.8 Å². The van der Waals surface area contributed by atoms with Crippen molar-refractivity contribution in [3.8, 4) is 0 Å². The molecule has 154 valence electrons. The summed E-state index contributed by atoms with van der Waals surface area (Å²) in [4.78, 5) is 38.5. The zero-order chi connectivity index (χ0) is 21.6. The Kier molecular flexibility index (Phi) is 4.81. The number of para-hydroxylation sites is 1. The highest BCUT2D eigenvalue weighted by atomic mass is 16.5. The van der Waals surface area contributed by atoms with Crippen molar-refractivity contribution in [2.24, 2.45) is 7.05 Å². The molecule has 0 N–H and O–H groups in total. The van der Waals surface area contributed by atoms with Gasteiger partial charge < -0.3 is 9.30 Å². The number of aryl methyl sites for hydroxylation is 2. The minimum Gasteiger partial charge on any atom is -0.467 e. The molecule has 0 bridgehead atoms. The monoisotopic (exact) mass is 405 g/mol. The highest BCUT2D eigenvalue weighted by Gasteiger charge is 2.23. The molecule has 2 aromatic heterocycles. The molecular formula is C23H23N3O4. The van der Waals surface area contributed by atoms with Crippen LogP contribution in [0.1, 0.15) is 24.1 Å². The molecular weight excluding hydrogens is 382 g/mol. The third-order valence-electron chi connectivity index (χ3n) is 5.64. The number of carbonyl (C=O) groups is 1. The van der Waals surface area contributed by atoms with Gasteiger partial charge in [-0.05, 0) is 43.2 Å². The maximum Gasteiger partial charge on any atom is 0.332 e. The van der Waals surface area contributed by atoms with Gasteiger partial charge in [-0.2, -0.15) is 0 Å². The number of hydrogen-bond donors (Lipinski definition) is 0. The predicted octanol–water partition coefficient (Wildman–Crippen LogP) is 2.75. The molecule has 0 aliphatic carbocycles. The van der Waals surface area contributed by atoms with Gasteiger partial charge in [0.15, 0.2) is 0 Å². The SMILES string of the molecule is COC(=O)[C@@H](C)n1c(=O)c2ccccc2n(Cc2cn(C)c3cccc(C)c23)c1=O. The molecule has 0 saturated heterocycles. The van der Waals surface area contributed by atoms with Crippen molar-refractivity contribution < 1.29 is 9.53 Å². The lowest BCUT2D eigenvalue weighted by Gasteiger charge is -2.17. The Labute approximate surface area is 172 Å². The van der Waals surface area contributed by atoms with Gasteiger partial charge in [-0.25, -0.2) is 14.2 Å². The van der Waals surface area contributed by atoms with Crippen LogP contribution in [-0.4, -0.2) is 26.8 Å². The molecule has 0 aliphatic rings. The van der Waals surface area contributed by atoms with Crippen molar-refractivity contribution in [2.45, 2.75) is 26.4 Å². The molecule has 0 aliphatic heterocycles. The number of benzene rings is 2. The third-order valence-corrected chi connectivity index (χ3v) is 5.64. The molecule has 7 nitrogen and oxygen atoms in total. The van der Waals surface area contributed by atoms with Gasteiger partial charge in [-0.1, -0.05) is 24.3 Å². The number of rotatable bonds is 4. The van der Waals surface area contributed by atoms with E-state index >= 15 is 0 Å². The van der Waals surface area contributed by atoms with Crippen molar-refractivity contribution in [3.05, 3.63) is 80.6 Å². The average Bonchev–Trinajstić information content (AvgIpc) is 3.07. The number of fused-ring (bicyclic) bond motifs is 2. The van der Waals surface area contributed by atoms with Crippen LogP contribution in [0.3, 0.4) is 0 Å². The molecule has 0 radical (unpaired) electrons. The first-order valence-corrected chi connectivity index (χ1v) is 9.70. The van der Waals surface area contributed by atoms with E-state index in [2.05, 4.69) is 0 Å². The molecule has 4 aromatic rings. The second-order valence-corrected chi connectivity index (χ2v) is 7.49. The van der Waals surface area contributed by atoms with Crippen LogP contribution in [0.5, 0.6) is 0 Å². The number of hydrogen-bond acceptors (Lipinski definition) is 4. The lowest BCUT2D eigenvalue weighted by molar-refractivity contribution is -0.144. The summed E-state index contributed by atoms with van der Waals surface area (Å²) in [5, 5.41) is 1.46. The Hall–Kier alpha value is -3.61. The molecule has 7 heteroatoms. The maximum absolute atomic E-state index is 13.4. The minimum absolute atomic E-state index is 0.274. The fraction of sp³-hybridized carbons (Fsp3) is 0.261. The van der Waals surface area contributed by atoms with Crippen LogP contribution in [0.2, 0.25) is 0 Å². The fourth-order valence-electron chi connectivity index (χ4n) is 4.13. The van der Waals surface area contributed by atoms with Crippen LogP contribution < -0.4 is 11.2 Å². The smallest absolute Gasteiger partial charge is 0.332 e. The quantitative estimate of drug-likeness (QED) is 0.489. The number of methoxy groups -OCH3 is 1. The molecule has 2 aromatic carbocycles. The number of aromatic nitrogens is 3. The second kappa shape index (κ2) is 7.33. The summed E-state index contributed by atoms with van der Waals surface area (Å²) in [5.41, 5.74) is 2.64. The number of esters is 1. The Morgan fingerprint density at radius 2 is 1.77 bits per heavy atom. The standard InChI is InChI=1S/C23H23N3O4/c1-14-8-7-11-19-20(14)16(12-24(19)3)13-25-18-10-6-5-9-17(18)21(27)26(23(25)29)15(2)22(28)30-4/h5-12,15H,13H2,1-4H3/t15-/m1/s1. The first kappa shape index (κ1) is 19.7. The molecule has 30 heavy (non-hydrogen) atoms. The number of ether oxygens (including phenoxy) is 1. The van der Waals surface area contributed by atoms with Gasteiger partial charge in [0.1, 0.15) is 6.04 Å². The van der Waals surface area contributed by atoms with Crippen molar-refractivity contribution in [1.82, 2.24) is 13.7 Å². The van der Waals surface area contributed by atoms with Crippen molar-refractivity contribution in [1.29, 1.82) is 0 Å². The van der Waals surface area contributed by atoms with Crippen molar-refractivity contribution in [3.63, 3.8) is 0 Å². The van der Waals surface area contributed by atoms with E-state index in [0.717, 1.165) is 26.6 Å². The summed E-state index contributed by atoms with van der Waals surface area (Å²) in [6.45, 7) is 3.80. The normalized spacial score (nSPS) is 12.4. The van der Waals surface area contributed by atoms with E-state index in [9.17, 15) is 14.4 Å². The molecule has 0 amide bonds. The topological polar surface area (TPSA) is 75.2 Å². The Morgan fingerprint density at radius 1 is 1.07 bits per heavy atom. The molecule has 0 fully saturated rings. The summed E-state index contributed by atoms with van der Waals surface area (Å²) in [5.74, 6) is -0.642. The van der Waals surface area contributed by atoms with Crippen LogP contribution in [0.4, 0.5) is 0 Å². The molecule has 0 saturated carbocycles. The van der Waals surface area contributed by atoms with Gasteiger partial charge in [0.25, 0.3) is 5.56 Å². The first-order valence-electron chi connectivity index (χ1n) is 9.70. The lowest BCUT2D eigenvalue weighted by atomic mass is 10.1. The molecule has 1 atom stereocenters. The van der Waals surface area contributed by atoms with Gasteiger partial charge in [0.2, 0.25) is 0 Å². The first-order chi connectivity index (χ1) is 14.3. The summed E-state index contributed by atoms with van der Waals surface area (Å²) in [6.07, 6.45) is 2.00. The number of carbonyl (C=O) groups excluding carboxylic acids is 1. The van der Waals surface area contributed by atoms with Gasteiger partial charge in [0.05, 0.1) is 24.6 Å². The largest absolute Gasteiger partial charge is 0.467 e. The van der Waals surface area contributed by atoms with Crippen LogP contribution in [0.25, 0.3) is 21.8 Å². The lowest BCUT2D eigenvalue weighted by Crippen LogP contribution is -2.44. The van der Waals surface area contributed by atoms with Crippen LogP contribution in [-0.2, 0) is 23.1 Å².